The summed E-state index contributed by atoms with van der Waals surface area (Å²) in [6.45, 7) is 12.6. The average molecular weight is 229 g/mol. The molecule has 0 aliphatic heterocycles. The third-order valence-corrected chi connectivity index (χ3v) is 2.90. The van der Waals surface area contributed by atoms with Gasteiger partial charge in [0, 0.05) is 19.2 Å². The topological polar surface area (TPSA) is 21.3 Å². The van der Waals surface area contributed by atoms with Crippen LogP contribution in [0, 0.1) is 0 Å². The fourth-order valence-electron chi connectivity index (χ4n) is 1.84. The number of nitrogens with one attached hydrogen (secondary N) is 1. The largest absolute Gasteiger partial charge is 0.375 e. The zero-order valence-electron chi connectivity index (χ0n) is 11.9. The molecule has 0 heterocycles. The maximum atomic E-state index is 5.66. The van der Waals surface area contributed by atoms with Gasteiger partial charge in [-0.3, -0.25) is 0 Å². The molecular weight excluding hydrogens is 198 g/mol. The highest BCUT2D eigenvalue weighted by atomic mass is 16.5. The van der Waals surface area contributed by atoms with Crippen LogP contribution in [-0.2, 0) is 4.74 Å². The summed E-state index contributed by atoms with van der Waals surface area (Å²) in [5.74, 6) is 0. The molecule has 1 N–H and O–H groups in total. The number of hydrogen-bond acceptors (Lipinski definition) is 2. The van der Waals surface area contributed by atoms with Gasteiger partial charge >= 0.3 is 0 Å². The fourth-order valence-corrected chi connectivity index (χ4v) is 1.84. The normalized spacial score (nSPS) is 14.1. The maximum Gasteiger partial charge on any atom is 0.0750 e. The van der Waals surface area contributed by atoms with E-state index in [0.29, 0.717) is 6.04 Å². The van der Waals surface area contributed by atoms with Crippen LogP contribution in [-0.4, -0.2) is 24.8 Å². The molecule has 0 radical (unpaired) electrons. The van der Waals surface area contributed by atoms with Crippen LogP contribution in [0.1, 0.15) is 66.7 Å². The Kier molecular flexibility index (Phi) is 8.96. The van der Waals surface area contributed by atoms with E-state index >= 15 is 0 Å². The predicted molar refractivity (Wildman–Crippen MR) is 71.9 cm³/mol. The lowest BCUT2D eigenvalue weighted by atomic mass is 10.1. The van der Waals surface area contributed by atoms with Gasteiger partial charge in [0.15, 0.2) is 0 Å². The number of rotatable bonds is 10. The second-order valence-corrected chi connectivity index (χ2v) is 5.32. The molecule has 0 aromatic carbocycles. The Balaban J connectivity index is 3.52. The van der Waals surface area contributed by atoms with Gasteiger partial charge in [-0.2, -0.15) is 0 Å². The molecule has 0 aromatic rings. The standard InChI is InChI=1S/C14H31NO/c1-6-8-9-10-11-13(3)15-12-14(4,5)16-7-2/h13,15H,6-12H2,1-5H3. The summed E-state index contributed by atoms with van der Waals surface area (Å²) in [7, 11) is 0. The van der Waals surface area contributed by atoms with Crippen LogP contribution in [0.25, 0.3) is 0 Å². The maximum absolute atomic E-state index is 5.66. The van der Waals surface area contributed by atoms with Gasteiger partial charge in [0.25, 0.3) is 0 Å². The van der Waals surface area contributed by atoms with Crippen LogP contribution in [0.4, 0.5) is 0 Å². The lowest BCUT2D eigenvalue weighted by Gasteiger charge is -2.27. The molecule has 0 saturated carbocycles. The van der Waals surface area contributed by atoms with E-state index in [1.165, 1.54) is 32.1 Å². The second-order valence-electron chi connectivity index (χ2n) is 5.32. The molecule has 0 aromatic heterocycles. The molecule has 2 nitrogen and oxygen atoms in total. The first-order chi connectivity index (χ1) is 7.52. The van der Waals surface area contributed by atoms with E-state index in [2.05, 4.69) is 39.9 Å². The first-order valence-electron chi connectivity index (χ1n) is 6.89. The molecule has 16 heavy (non-hydrogen) atoms. The van der Waals surface area contributed by atoms with Gasteiger partial charge in [-0.15, -0.1) is 0 Å². The van der Waals surface area contributed by atoms with Crippen LogP contribution in [0.2, 0.25) is 0 Å². The Morgan fingerprint density at radius 2 is 1.81 bits per heavy atom. The molecule has 0 rings (SSSR count). The first kappa shape index (κ1) is 15.9. The van der Waals surface area contributed by atoms with Gasteiger partial charge in [-0.1, -0.05) is 32.6 Å². The molecular formula is C14H31NO. The fraction of sp³-hybridized carbons (Fsp3) is 1.00. The van der Waals surface area contributed by atoms with Crippen LogP contribution >= 0.6 is 0 Å². The van der Waals surface area contributed by atoms with Crippen molar-refractivity contribution in [2.45, 2.75) is 78.4 Å². The van der Waals surface area contributed by atoms with Crippen molar-refractivity contribution in [2.24, 2.45) is 0 Å². The predicted octanol–water partition coefficient (Wildman–Crippen LogP) is 3.75. The van der Waals surface area contributed by atoms with E-state index in [-0.39, 0.29) is 5.60 Å². The zero-order valence-corrected chi connectivity index (χ0v) is 11.9. The van der Waals surface area contributed by atoms with E-state index in [4.69, 9.17) is 4.74 Å². The summed E-state index contributed by atoms with van der Waals surface area (Å²) in [5.41, 5.74) is -0.0353. The smallest absolute Gasteiger partial charge is 0.0750 e. The van der Waals surface area contributed by atoms with Gasteiger partial charge in [0.05, 0.1) is 5.60 Å². The molecule has 2 heteroatoms. The van der Waals surface area contributed by atoms with E-state index in [9.17, 15) is 0 Å². The lowest BCUT2D eigenvalue weighted by Crippen LogP contribution is -2.41. The van der Waals surface area contributed by atoms with Crippen molar-refractivity contribution in [1.29, 1.82) is 0 Å². The molecule has 1 atom stereocenters. The summed E-state index contributed by atoms with van der Waals surface area (Å²) in [6, 6.07) is 0.608. The summed E-state index contributed by atoms with van der Waals surface area (Å²) >= 11 is 0. The number of unbranched alkanes of at least 4 members (excludes halogenated alkanes) is 3. The van der Waals surface area contributed by atoms with Crippen molar-refractivity contribution in [3.63, 3.8) is 0 Å². The molecule has 0 aliphatic rings. The summed E-state index contributed by atoms with van der Waals surface area (Å²) < 4.78 is 5.66. The summed E-state index contributed by atoms with van der Waals surface area (Å²) in [6.07, 6.45) is 6.69. The van der Waals surface area contributed by atoms with Crippen LogP contribution in [0.5, 0.6) is 0 Å². The SMILES string of the molecule is CCCCCCC(C)NCC(C)(C)OCC. The summed E-state index contributed by atoms with van der Waals surface area (Å²) in [4.78, 5) is 0. The van der Waals surface area contributed by atoms with Crippen LogP contribution in [0.3, 0.4) is 0 Å². The Labute approximate surface area is 102 Å². The zero-order chi connectivity index (χ0) is 12.4. The van der Waals surface area contributed by atoms with Gasteiger partial charge in [0.1, 0.15) is 0 Å². The molecule has 98 valence electrons. The van der Waals surface area contributed by atoms with Crippen molar-refractivity contribution >= 4 is 0 Å². The quantitative estimate of drug-likeness (QED) is 0.576. The minimum atomic E-state index is -0.0353. The molecule has 0 amide bonds. The Hall–Kier alpha value is -0.0800. The van der Waals surface area contributed by atoms with Gasteiger partial charge in [-0.25, -0.2) is 0 Å². The highest BCUT2D eigenvalue weighted by Crippen LogP contribution is 2.09. The van der Waals surface area contributed by atoms with Crippen molar-refractivity contribution in [2.75, 3.05) is 13.2 Å². The van der Waals surface area contributed by atoms with Crippen LogP contribution < -0.4 is 5.32 Å². The second kappa shape index (κ2) is 9.00. The average Bonchev–Trinajstić information content (AvgIpc) is 2.22. The third kappa shape index (κ3) is 9.17. The third-order valence-electron chi connectivity index (χ3n) is 2.90. The van der Waals surface area contributed by atoms with Crippen molar-refractivity contribution < 1.29 is 4.74 Å². The molecule has 0 spiro atoms. The Morgan fingerprint density at radius 3 is 2.38 bits per heavy atom. The van der Waals surface area contributed by atoms with Gasteiger partial charge in [-0.05, 0) is 34.1 Å². The Bertz CT molecular complexity index is 157. The van der Waals surface area contributed by atoms with Crippen molar-refractivity contribution in [3.8, 4) is 0 Å². The monoisotopic (exact) mass is 229 g/mol. The molecule has 0 aliphatic carbocycles. The molecule has 1 unspecified atom stereocenters. The van der Waals surface area contributed by atoms with Gasteiger partial charge < -0.3 is 10.1 Å². The van der Waals surface area contributed by atoms with Gasteiger partial charge in [0.2, 0.25) is 0 Å². The lowest BCUT2D eigenvalue weighted by molar-refractivity contribution is -0.0104. The minimum Gasteiger partial charge on any atom is -0.375 e. The molecule has 0 fully saturated rings. The number of hydrogen-bond donors (Lipinski definition) is 1. The van der Waals surface area contributed by atoms with E-state index in [1.807, 2.05) is 0 Å². The van der Waals surface area contributed by atoms with Crippen molar-refractivity contribution in [1.82, 2.24) is 5.32 Å². The highest BCUT2D eigenvalue weighted by molar-refractivity contribution is 4.74. The molecule has 0 saturated heterocycles. The summed E-state index contributed by atoms with van der Waals surface area (Å²) in [5, 5.41) is 3.56. The number of ether oxygens (including phenoxy) is 1. The van der Waals surface area contributed by atoms with E-state index in [1.54, 1.807) is 0 Å². The van der Waals surface area contributed by atoms with Crippen molar-refractivity contribution in [3.05, 3.63) is 0 Å². The molecule has 0 bridgehead atoms. The van der Waals surface area contributed by atoms with E-state index in [0.717, 1.165) is 13.2 Å². The first-order valence-corrected chi connectivity index (χ1v) is 6.89. The Morgan fingerprint density at radius 1 is 1.12 bits per heavy atom. The van der Waals surface area contributed by atoms with E-state index < -0.39 is 0 Å². The van der Waals surface area contributed by atoms with Crippen LogP contribution in [0.15, 0.2) is 0 Å². The highest BCUT2D eigenvalue weighted by Gasteiger charge is 2.17. The minimum absolute atomic E-state index is 0.0353.